The van der Waals surface area contributed by atoms with E-state index in [1.807, 2.05) is 50.2 Å². The summed E-state index contributed by atoms with van der Waals surface area (Å²) in [6.45, 7) is 7.91. The van der Waals surface area contributed by atoms with Crippen LogP contribution in [0.4, 0.5) is 0 Å². The monoisotopic (exact) mass is 413 g/mol. The molecule has 0 saturated carbocycles. The molecule has 1 aromatic heterocycles. The summed E-state index contributed by atoms with van der Waals surface area (Å²) in [5, 5.41) is 0. The highest BCUT2D eigenvalue weighted by Gasteiger charge is 2.24. The van der Waals surface area contributed by atoms with Crippen LogP contribution in [0.25, 0.3) is 11.3 Å². The van der Waals surface area contributed by atoms with E-state index in [2.05, 4.69) is 4.98 Å². The number of carbonyl (C=O) groups excluding carboxylic acids is 2. The van der Waals surface area contributed by atoms with Gasteiger partial charge in [0.1, 0.15) is 17.7 Å². The molecule has 0 atom stereocenters. The number of nitrogens with one attached hydrogen (secondary N) is 1. The zero-order chi connectivity index (χ0) is 22.5. The maximum Gasteiger partial charge on any atom is 0.326 e. The summed E-state index contributed by atoms with van der Waals surface area (Å²) < 4.78 is 5.35. The molecular weight excluding hydrogens is 382 g/mol. The van der Waals surface area contributed by atoms with Gasteiger partial charge >= 0.3 is 5.97 Å². The number of H-pyrrole nitrogens is 1. The Morgan fingerprint density at radius 2 is 1.77 bits per heavy atom. The molecule has 1 N–H and O–H groups in total. The van der Waals surface area contributed by atoms with Gasteiger partial charge in [-0.05, 0) is 65.6 Å². The second kappa shape index (κ2) is 9.71. The fraction of sp³-hybridized carbons (Fsp3) is 0.435. The van der Waals surface area contributed by atoms with E-state index in [0.29, 0.717) is 18.8 Å². The summed E-state index contributed by atoms with van der Waals surface area (Å²) in [6.07, 6.45) is 0. The number of likely N-dealkylation sites (N-methyl/N-ethyl adjacent to an activating group) is 1. The van der Waals surface area contributed by atoms with Gasteiger partial charge in [-0.25, -0.2) is 0 Å². The lowest BCUT2D eigenvalue weighted by molar-refractivity contribution is -0.155. The first kappa shape index (κ1) is 23.3. The molecule has 0 aliphatic rings. The molecular formula is C23H31N3O4. The number of aromatic nitrogens is 1. The second-order valence-corrected chi connectivity index (χ2v) is 8.60. The lowest BCUT2D eigenvalue weighted by atomic mass is 10.1. The van der Waals surface area contributed by atoms with E-state index < -0.39 is 23.0 Å². The van der Waals surface area contributed by atoms with Gasteiger partial charge in [0.15, 0.2) is 0 Å². The van der Waals surface area contributed by atoms with E-state index in [1.165, 1.54) is 11.0 Å². The van der Waals surface area contributed by atoms with Crippen LogP contribution in [-0.2, 0) is 9.53 Å². The number of ether oxygens (including phenoxy) is 1. The van der Waals surface area contributed by atoms with E-state index in [4.69, 9.17) is 4.74 Å². The molecule has 0 unspecified atom stereocenters. The molecule has 0 fully saturated rings. The smallest absolute Gasteiger partial charge is 0.326 e. The van der Waals surface area contributed by atoms with Gasteiger partial charge < -0.3 is 19.5 Å². The molecule has 2 rings (SSSR count). The first-order valence-corrected chi connectivity index (χ1v) is 9.92. The van der Waals surface area contributed by atoms with Crippen LogP contribution in [0.5, 0.6) is 0 Å². The zero-order valence-electron chi connectivity index (χ0n) is 18.6. The number of carbonyl (C=O) groups is 2. The van der Waals surface area contributed by atoms with Crippen LogP contribution in [0, 0.1) is 6.92 Å². The van der Waals surface area contributed by atoms with Crippen molar-refractivity contribution in [2.75, 3.05) is 33.7 Å². The van der Waals surface area contributed by atoms with E-state index in [9.17, 15) is 14.4 Å². The van der Waals surface area contributed by atoms with E-state index in [1.54, 1.807) is 26.8 Å². The average Bonchev–Trinajstić information content (AvgIpc) is 2.63. The van der Waals surface area contributed by atoms with Gasteiger partial charge in [0, 0.05) is 18.8 Å². The topological polar surface area (TPSA) is 82.7 Å². The first-order chi connectivity index (χ1) is 14.0. The number of pyridine rings is 1. The Hall–Kier alpha value is -2.93. The normalized spacial score (nSPS) is 11.4. The summed E-state index contributed by atoms with van der Waals surface area (Å²) in [5.41, 5.74) is 1.42. The van der Waals surface area contributed by atoms with Crippen molar-refractivity contribution in [2.24, 2.45) is 0 Å². The van der Waals surface area contributed by atoms with Crippen molar-refractivity contribution in [3.63, 3.8) is 0 Å². The van der Waals surface area contributed by atoms with Crippen molar-refractivity contribution < 1.29 is 14.3 Å². The summed E-state index contributed by atoms with van der Waals surface area (Å²) in [4.78, 5) is 44.1. The van der Waals surface area contributed by atoms with Crippen molar-refractivity contribution >= 4 is 11.9 Å². The van der Waals surface area contributed by atoms with Gasteiger partial charge in [-0.3, -0.25) is 14.4 Å². The van der Waals surface area contributed by atoms with E-state index in [-0.39, 0.29) is 12.1 Å². The SMILES string of the molecule is Cc1cccc(-c2ccc(C(=O)N(CCN(C)C)CC(=O)OC(C)(C)C)c(=O)[nH]2)c1. The van der Waals surface area contributed by atoms with E-state index >= 15 is 0 Å². The van der Waals surface area contributed by atoms with Crippen LogP contribution in [-0.4, -0.2) is 66.0 Å². The Bertz CT molecular complexity index is 957. The molecule has 7 nitrogen and oxygen atoms in total. The van der Waals surface area contributed by atoms with Crippen LogP contribution in [0.2, 0.25) is 0 Å². The summed E-state index contributed by atoms with van der Waals surface area (Å²) in [5.74, 6) is -1.01. The number of amides is 1. The van der Waals surface area contributed by atoms with Crippen LogP contribution < -0.4 is 5.56 Å². The van der Waals surface area contributed by atoms with Gasteiger partial charge in [0.25, 0.3) is 11.5 Å². The molecule has 0 aliphatic heterocycles. The predicted molar refractivity (Wildman–Crippen MR) is 118 cm³/mol. The Balaban J connectivity index is 2.27. The predicted octanol–water partition coefficient (Wildman–Crippen LogP) is 2.70. The largest absolute Gasteiger partial charge is 0.459 e. The third-order valence-corrected chi connectivity index (χ3v) is 4.31. The maximum absolute atomic E-state index is 13.1. The number of aromatic amines is 1. The molecule has 1 amide bonds. The highest BCUT2D eigenvalue weighted by Crippen LogP contribution is 2.17. The third kappa shape index (κ3) is 6.84. The van der Waals surface area contributed by atoms with Crippen LogP contribution in [0.15, 0.2) is 41.2 Å². The Kier molecular flexibility index (Phi) is 7.56. The molecule has 1 heterocycles. The number of benzene rings is 1. The molecule has 0 radical (unpaired) electrons. The molecule has 0 saturated heterocycles. The zero-order valence-corrected chi connectivity index (χ0v) is 18.6. The number of aryl methyl sites for hydroxylation is 1. The quantitative estimate of drug-likeness (QED) is 0.706. The number of nitrogens with zero attached hydrogens (tertiary/aromatic N) is 2. The highest BCUT2D eigenvalue weighted by molar-refractivity contribution is 5.96. The standard InChI is InChI=1S/C23H31N3O4/c1-16-8-7-9-17(14-16)19-11-10-18(21(28)24-19)22(29)26(13-12-25(5)6)15-20(27)30-23(2,3)4/h7-11,14H,12-13,15H2,1-6H3,(H,24,28). The lowest BCUT2D eigenvalue weighted by Crippen LogP contribution is -2.43. The van der Waals surface area contributed by atoms with Crippen LogP contribution in [0.3, 0.4) is 0 Å². The molecule has 0 spiro atoms. The number of hydrogen-bond donors (Lipinski definition) is 1. The lowest BCUT2D eigenvalue weighted by Gasteiger charge is -2.26. The van der Waals surface area contributed by atoms with Crippen molar-refractivity contribution in [1.82, 2.24) is 14.8 Å². The molecule has 2 aromatic rings. The second-order valence-electron chi connectivity index (χ2n) is 8.60. The van der Waals surface area contributed by atoms with Crippen molar-refractivity contribution in [3.8, 4) is 11.3 Å². The summed E-state index contributed by atoms with van der Waals surface area (Å²) >= 11 is 0. The van der Waals surface area contributed by atoms with Gasteiger partial charge in [-0.1, -0.05) is 23.8 Å². The Morgan fingerprint density at radius 3 is 2.33 bits per heavy atom. The van der Waals surface area contributed by atoms with Gasteiger partial charge in [-0.2, -0.15) is 0 Å². The maximum atomic E-state index is 13.1. The van der Waals surface area contributed by atoms with Gasteiger partial charge in [0.2, 0.25) is 0 Å². The fourth-order valence-electron chi connectivity index (χ4n) is 2.90. The van der Waals surface area contributed by atoms with Gasteiger partial charge in [-0.15, -0.1) is 0 Å². The molecule has 7 heteroatoms. The van der Waals surface area contributed by atoms with Crippen LogP contribution in [0.1, 0.15) is 36.7 Å². The molecule has 0 aliphatic carbocycles. The average molecular weight is 414 g/mol. The molecule has 1 aromatic carbocycles. The third-order valence-electron chi connectivity index (χ3n) is 4.31. The minimum Gasteiger partial charge on any atom is -0.459 e. The molecule has 162 valence electrons. The summed E-state index contributed by atoms with van der Waals surface area (Å²) in [6, 6.07) is 11.0. The number of esters is 1. The molecule has 30 heavy (non-hydrogen) atoms. The number of rotatable bonds is 7. The van der Waals surface area contributed by atoms with Crippen molar-refractivity contribution in [2.45, 2.75) is 33.3 Å². The minimum atomic E-state index is -0.652. The summed E-state index contributed by atoms with van der Waals surface area (Å²) in [7, 11) is 3.75. The first-order valence-electron chi connectivity index (χ1n) is 9.92. The Morgan fingerprint density at radius 1 is 1.07 bits per heavy atom. The Labute approximate surface area is 177 Å². The van der Waals surface area contributed by atoms with E-state index in [0.717, 1.165) is 11.1 Å². The number of hydrogen-bond acceptors (Lipinski definition) is 5. The highest BCUT2D eigenvalue weighted by atomic mass is 16.6. The van der Waals surface area contributed by atoms with Crippen molar-refractivity contribution in [3.05, 3.63) is 57.9 Å². The fourth-order valence-corrected chi connectivity index (χ4v) is 2.90. The van der Waals surface area contributed by atoms with Gasteiger partial charge in [0.05, 0.1) is 0 Å². The van der Waals surface area contributed by atoms with Crippen LogP contribution >= 0.6 is 0 Å². The molecule has 0 bridgehead atoms. The van der Waals surface area contributed by atoms with Crippen molar-refractivity contribution in [1.29, 1.82) is 0 Å². The minimum absolute atomic E-state index is 0.00582.